The Hall–Kier alpha value is -3.41. The highest BCUT2D eigenvalue weighted by atomic mass is 16.2. The topological polar surface area (TPSA) is 78.5 Å². The van der Waals surface area contributed by atoms with E-state index >= 15 is 0 Å². The number of para-hydroxylation sites is 1. The standard InChI is InChI=1S/C18H15N3O3/c1-21(13-5-3-2-4-6-13)14-9-7-12(8-10-14)11-15-16(22)19-18(24)20-17(15)23/h2-11H,1H3,(H2,19,20,22,23,24). The molecule has 0 atom stereocenters. The molecule has 0 bridgehead atoms. The van der Waals surface area contributed by atoms with Crippen LogP contribution in [0.1, 0.15) is 5.56 Å². The van der Waals surface area contributed by atoms with Crippen molar-refractivity contribution in [1.29, 1.82) is 0 Å². The fourth-order valence-corrected chi connectivity index (χ4v) is 2.37. The summed E-state index contributed by atoms with van der Waals surface area (Å²) in [7, 11) is 1.95. The maximum atomic E-state index is 11.7. The van der Waals surface area contributed by atoms with Crippen LogP contribution in [0.5, 0.6) is 0 Å². The highest BCUT2D eigenvalue weighted by Gasteiger charge is 2.27. The quantitative estimate of drug-likeness (QED) is 0.671. The number of hydrogen-bond donors (Lipinski definition) is 2. The van der Waals surface area contributed by atoms with Crippen LogP contribution in [-0.2, 0) is 9.59 Å². The van der Waals surface area contributed by atoms with E-state index in [-0.39, 0.29) is 5.57 Å². The summed E-state index contributed by atoms with van der Waals surface area (Å²) in [6.07, 6.45) is 1.45. The van der Waals surface area contributed by atoms with Gasteiger partial charge in [-0.25, -0.2) is 4.79 Å². The van der Waals surface area contributed by atoms with Crippen LogP contribution in [0, 0.1) is 0 Å². The Morgan fingerprint density at radius 2 is 1.33 bits per heavy atom. The van der Waals surface area contributed by atoms with Crippen molar-refractivity contribution in [1.82, 2.24) is 10.6 Å². The van der Waals surface area contributed by atoms with Crippen molar-refractivity contribution in [3.63, 3.8) is 0 Å². The van der Waals surface area contributed by atoms with Crippen molar-refractivity contribution in [2.75, 3.05) is 11.9 Å². The van der Waals surface area contributed by atoms with E-state index in [9.17, 15) is 14.4 Å². The molecule has 6 nitrogen and oxygen atoms in total. The summed E-state index contributed by atoms with van der Waals surface area (Å²) >= 11 is 0. The molecule has 4 amide bonds. The molecule has 6 heteroatoms. The van der Waals surface area contributed by atoms with Gasteiger partial charge in [0.15, 0.2) is 0 Å². The molecule has 0 spiro atoms. The minimum Gasteiger partial charge on any atom is -0.345 e. The Morgan fingerprint density at radius 1 is 0.792 bits per heavy atom. The first kappa shape index (κ1) is 15.5. The van der Waals surface area contributed by atoms with Gasteiger partial charge in [0.05, 0.1) is 0 Å². The molecule has 120 valence electrons. The Labute approximate surface area is 138 Å². The van der Waals surface area contributed by atoms with Crippen LogP contribution in [0.3, 0.4) is 0 Å². The van der Waals surface area contributed by atoms with Gasteiger partial charge in [-0.05, 0) is 35.9 Å². The molecule has 3 rings (SSSR count). The monoisotopic (exact) mass is 321 g/mol. The number of anilines is 2. The van der Waals surface area contributed by atoms with Gasteiger partial charge in [0.2, 0.25) is 0 Å². The lowest BCUT2D eigenvalue weighted by Gasteiger charge is -2.19. The Balaban J connectivity index is 1.82. The number of amides is 4. The molecule has 1 heterocycles. The second-order valence-corrected chi connectivity index (χ2v) is 5.28. The number of carbonyl (C=O) groups is 3. The number of nitrogens with one attached hydrogen (secondary N) is 2. The van der Waals surface area contributed by atoms with Gasteiger partial charge in [0.25, 0.3) is 11.8 Å². The van der Waals surface area contributed by atoms with Crippen molar-refractivity contribution in [3.8, 4) is 0 Å². The second-order valence-electron chi connectivity index (χ2n) is 5.28. The van der Waals surface area contributed by atoms with Crippen molar-refractivity contribution in [2.45, 2.75) is 0 Å². The first-order chi connectivity index (χ1) is 11.5. The summed E-state index contributed by atoms with van der Waals surface area (Å²) in [5.41, 5.74) is 2.61. The van der Waals surface area contributed by atoms with E-state index in [0.717, 1.165) is 11.4 Å². The van der Waals surface area contributed by atoms with Crippen LogP contribution < -0.4 is 15.5 Å². The summed E-state index contributed by atoms with van der Waals surface area (Å²) in [6, 6.07) is 16.5. The molecule has 0 unspecified atom stereocenters. The van der Waals surface area contributed by atoms with Crippen molar-refractivity contribution in [3.05, 3.63) is 65.7 Å². The molecule has 2 aromatic rings. The average molecular weight is 321 g/mol. The Morgan fingerprint density at radius 3 is 1.92 bits per heavy atom. The fraction of sp³-hybridized carbons (Fsp3) is 0.0556. The zero-order chi connectivity index (χ0) is 17.1. The number of urea groups is 1. The van der Waals surface area contributed by atoms with E-state index in [1.54, 1.807) is 12.1 Å². The van der Waals surface area contributed by atoms with Crippen LogP contribution in [-0.4, -0.2) is 24.9 Å². The third-order valence-electron chi connectivity index (χ3n) is 3.68. The molecule has 2 N–H and O–H groups in total. The molecule has 2 aromatic carbocycles. The number of barbiturate groups is 1. The Kier molecular flexibility index (Phi) is 4.11. The molecule has 1 aliphatic heterocycles. The number of benzene rings is 2. The van der Waals surface area contributed by atoms with E-state index in [4.69, 9.17) is 0 Å². The fourth-order valence-electron chi connectivity index (χ4n) is 2.37. The lowest BCUT2D eigenvalue weighted by atomic mass is 10.1. The maximum Gasteiger partial charge on any atom is 0.328 e. The molecule has 24 heavy (non-hydrogen) atoms. The predicted octanol–water partition coefficient (Wildman–Crippen LogP) is 2.20. The number of nitrogens with zero attached hydrogens (tertiary/aromatic N) is 1. The van der Waals surface area contributed by atoms with Crippen LogP contribution >= 0.6 is 0 Å². The van der Waals surface area contributed by atoms with Crippen LogP contribution in [0.2, 0.25) is 0 Å². The first-order valence-corrected chi connectivity index (χ1v) is 7.32. The van der Waals surface area contributed by atoms with Gasteiger partial charge in [-0.2, -0.15) is 0 Å². The summed E-state index contributed by atoms with van der Waals surface area (Å²) in [4.78, 5) is 36.5. The van der Waals surface area contributed by atoms with Gasteiger partial charge in [-0.3, -0.25) is 20.2 Å². The molecule has 0 saturated carbocycles. The number of imide groups is 2. The smallest absolute Gasteiger partial charge is 0.328 e. The third kappa shape index (κ3) is 3.17. The maximum absolute atomic E-state index is 11.7. The van der Waals surface area contributed by atoms with Crippen molar-refractivity contribution in [2.24, 2.45) is 0 Å². The molecule has 1 fully saturated rings. The van der Waals surface area contributed by atoms with Crippen molar-refractivity contribution < 1.29 is 14.4 Å². The zero-order valence-electron chi connectivity index (χ0n) is 12.9. The highest BCUT2D eigenvalue weighted by Crippen LogP contribution is 2.24. The summed E-state index contributed by atoms with van der Waals surface area (Å²) in [6.45, 7) is 0. The van der Waals surface area contributed by atoms with Gasteiger partial charge in [-0.1, -0.05) is 30.3 Å². The summed E-state index contributed by atoms with van der Waals surface area (Å²) in [5, 5.41) is 4.09. The van der Waals surface area contributed by atoms with Crippen LogP contribution in [0.15, 0.2) is 60.2 Å². The number of carbonyl (C=O) groups excluding carboxylic acids is 3. The van der Waals surface area contributed by atoms with Gasteiger partial charge in [0, 0.05) is 18.4 Å². The zero-order valence-corrected chi connectivity index (χ0v) is 12.9. The van der Waals surface area contributed by atoms with Gasteiger partial charge >= 0.3 is 6.03 Å². The second kappa shape index (κ2) is 6.37. The van der Waals surface area contributed by atoms with E-state index in [2.05, 4.69) is 0 Å². The normalized spacial score (nSPS) is 14.0. The van der Waals surface area contributed by atoms with Gasteiger partial charge in [-0.15, -0.1) is 0 Å². The highest BCUT2D eigenvalue weighted by molar-refractivity contribution is 6.31. The van der Waals surface area contributed by atoms with Gasteiger partial charge < -0.3 is 4.90 Å². The van der Waals surface area contributed by atoms with Gasteiger partial charge in [0.1, 0.15) is 5.57 Å². The summed E-state index contributed by atoms with van der Waals surface area (Å²) < 4.78 is 0. The van der Waals surface area contributed by atoms with Crippen molar-refractivity contribution >= 4 is 35.3 Å². The number of hydrogen-bond acceptors (Lipinski definition) is 4. The largest absolute Gasteiger partial charge is 0.345 e. The SMILES string of the molecule is CN(c1ccccc1)c1ccc(C=C2C(=O)NC(=O)NC2=O)cc1. The van der Waals surface area contributed by atoms with Crippen LogP contribution in [0.4, 0.5) is 16.2 Å². The number of rotatable bonds is 3. The minimum absolute atomic E-state index is 0.0984. The van der Waals surface area contributed by atoms with Crippen LogP contribution in [0.25, 0.3) is 6.08 Å². The Bertz CT molecular complexity index is 804. The molecular weight excluding hydrogens is 306 g/mol. The molecule has 0 radical (unpaired) electrons. The van der Waals surface area contributed by atoms with E-state index in [1.807, 2.05) is 65.0 Å². The molecule has 1 aliphatic rings. The summed E-state index contributed by atoms with van der Waals surface area (Å²) in [5.74, 6) is -1.40. The molecule has 0 aliphatic carbocycles. The first-order valence-electron chi connectivity index (χ1n) is 7.32. The molecule has 0 aromatic heterocycles. The predicted molar refractivity (Wildman–Crippen MR) is 90.6 cm³/mol. The third-order valence-corrected chi connectivity index (χ3v) is 3.68. The molecular formula is C18H15N3O3. The van der Waals surface area contributed by atoms with E-state index in [0.29, 0.717) is 5.56 Å². The van der Waals surface area contributed by atoms with E-state index in [1.165, 1.54) is 6.08 Å². The van der Waals surface area contributed by atoms with E-state index < -0.39 is 17.8 Å². The minimum atomic E-state index is -0.804. The average Bonchev–Trinajstić information content (AvgIpc) is 2.59. The lowest BCUT2D eigenvalue weighted by molar-refractivity contribution is -0.123. The lowest BCUT2D eigenvalue weighted by Crippen LogP contribution is -2.51. The molecule has 1 saturated heterocycles.